The molecule has 0 saturated carbocycles. The van der Waals surface area contributed by atoms with Crippen molar-refractivity contribution in [1.82, 2.24) is 14.9 Å². The largest absolute Gasteiger partial charge is 0.351 e. The van der Waals surface area contributed by atoms with Crippen LogP contribution in [0.15, 0.2) is 72.1 Å². The van der Waals surface area contributed by atoms with Crippen molar-refractivity contribution in [2.45, 2.75) is 13.0 Å². The number of para-hydroxylation sites is 2. The van der Waals surface area contributed by atoms with E-state index in [1.54, 1.807) is 6.07 Å². The van der Waals surface area contributed by atoms with Crippen molar-refractivity contribution in [3.63, 3.8) is 0 Å². The minimum atomic E-state index is -0.0852. The van der Waals surface area contributed by atoms with Crippen LogP contribution in [-0.2, 0) is 13.0 Å². The molecule has 28 heavy (non-hydrogen) atoms. The van der Waals surface area contributed by atoms with E-state index in [9.17, 15) is 9.59 Å². The van der Waals surface area contributed by atoms with Crippen molar-refractivity contribution >= 4 is 34.1 Å². The zero-order valence-corrected chi connectivity index (χ0v) is 16.0. The molecule has 5 nitrogen and oxygen atoms in total. The molecular weight excluding hydrogens is 370 g/mol. The molecule has 0 aliphatic rings. The number of imidazole rings is 1. The molecule has 2 heterocycles. The van der Waals surface area contributed by atoms with Gasteiger partial charge in [-0.2, -0.15) is 0 Å². The number of ketones is 1. The summed E-state index contributed by atoms with van der Waals surface area (Å²) in [4.78, 5) is 30.2. The molecule has 0 fully saturated rings. The number of hydrogen-bond acceptors (Lipinski definition) is 4. The summed E-state index contributed by atoms with van der Waals surface area (Å²) in [5, 5.41) is 4.80. The summed E-state index contributed by atoms with van der Waals surface area (Å²) in [7, 11) is 0. The van der Waals surface area contributed by atoms with E-state index in [0.29, 0.717) is 23.4 Å². The molecule has 0 aliphatic carbocycles. The molecule has 2 aromatic carbocycles. The van der Waals surface area contributed by atoms with E-state index >= 15 is 0 Å². The number of benzene rings is 2. The van der Waals surface area contributed by atoms with Gasteiger partial charge in [0.25, 0.3) is 5.91 Å². The van der Waals surface area contributed by atoms with Crippen molar-refractivity contribution in [3.05, 3.63) is 88.4 Å². The minimum absolute atomic E-state index is 0.0348. The summed E-state index contributed by atoms with van der Waals surface area (Å²) in [6, 6.07) is 20.7. The van der Waals surface area contributed by atoms with E-state index in [2.05, 4.69) is 10.3 Å². The van der Waals surface area contributed by atoms with E-state index in [1.807, 2.05) is 70.6 Å². The van der Waals surface area contributed by atoms with Gasteiger partial charge in [0.1, 0.15) is 5.82 Å². The van der Waals surface area contributed by atoms with Gasteiger partial charge in [-0.1, -0.05) is 48.5 Å². The molecule has 4 aromatic rings. The fraction of sp³-hybridized carbons (Fsp3) is 0.136. The van der Waals surface area contributed by atoms with Crippen molar-refractivity contribution in [3.8, 4) is 0 Å². The third-order valence-corrected chi connectivity index (χ3v) is 5.38. The first-order valence-corrected chi connectivity index (χ1v) is 9.94. The summed E-state index contributed by atoms with van der Waals surface area (Å²) in [5.41, 5.74) is 2.45. The number of nitrogens with zero attached hydrogens (tertiary/aromatic N) is 2. The Kier molecular flexibility index (Phi) is 5.30. The summed E-state index contributed by atoms with van der Waals surface area (Å²) in [6.07, 6.45) is 0.549. The van der Waals surface area contributed by atoms with Gasteiger partial charge in [0.2, 0.25) is 0 Å². The van der Waals surface area contributed by atoms with Gasteiger partial charge in [0, 0.05) is 18.5 Å². The molecule has 2 aromatic heterocycles. The van der Waals surface area contributed by atoms with Crippen LogP contribution >= 0.6 is 11.3 Å². The van der Waals surface area contributed by atoms with Crippen LogP contribution in [-0.4, -0.2) is 27.8 Å². The van der Waals surface area contributed by atoms with Crippen LogP contribution in [0.3, 0.4) is 0 Å². The Morgan fingerprint density at radius 2 is 1.75 bits per heavy atom. The predicted molar refractivity (Wildman–Crippen MR) is 111 cm³/mol. The predicted octanol–water partition coefficient (Wildman–Crippen LogP) is 3.95. The first kappa shape index (κ1) is 18.1. The highest BCUT2D eigenvalue weighted by molar-refractivity contribution is 7.12. The molecule has 6 heteroatoms. The molecule has 0 aliphatic heterocycles. The number of carbonyl (C=O) groups is 2. The second-order valence-corrected chi connectivity index (χ2v) is 7.32. The van der Waals surface area contributed by atoms with E-state index in [4.69, 9.17) is 0 Å². The van der Waals surface area contributed by atoms with Crippen LogP contribution in [0.2, 0.25) is 0 Å². The number of nitrogens with one attached hydrogen (secondary N) is 1. The Morgan fingerprint density at radius 1 is 0.964 bits per heavy atom. The molecule has 140 valence electrons. The zero-order valence-electron chi connectivity index (χ0n) is 15.2. The van der Waals surface area contributed by atoms with Gasteiger partial charge in [0.15, 0.2) is 5.78 Å². The number of rotatable bonds is 7. The molecule has 0 saturated heterocycles. The Labute approximate surface area is 166 Å². The fourth-order valence-electron chi connectivity index (χ4n) is 3.13. The maximum atomic E-state index is 12.7. The van der Waals surface area contributed by atoms with Gasteiger partial charge in [-0.05, 0) is 23.6 Å². The van der Waals surface area contributed by atoms with Gasteiger partial charge in [-0.3, -0.25) is 9.59 Å². The molecule has 1 amide bonds. The average molecular weight is 389 g/mol. The van der Waals surface area contributed by atoms with Crippen LogP contribution in [0, 0.1) is 0 Å². The third kappa shape index (κ3) is 3.87. The second-order valence-electron chi connectivity index (χ2n) is 6.38. The Balaban J connectivity index is 1.53. The number of aromatic nitrogens is 2. The maximum absolute atomic E-state index is 12.7. The number of hydrogen-bond donors (Lipinski definition) is 1. The van der Waals surface area contributed by atoms with Gasteiger partial charge < -0.3 is 9.88 Å². The SMILES string of the molecule is O=C(Cn1c(CCNC(=O)c2cccs2)nc2ccccc21)c1ccccc1. The number of amides is 1. The molecule has 0 unspecified atom stereocenters. The van der Waals surface area contributed by atoms with Crippen molar-refractivity contribution < 1.29 is 9.59 Å². The first-order valence-electron chi connectivity index (χ1n) is 9.06. The fourth-order valence-corrected chi connectivity index (χ4v) is 3.77. The lowest BCUT2D eigenvalue weighted by Gasteiger charge is -2.09. The van der Waals surface area contributed by atoms with Crippen LogP contribution in [0.1, 0.15) is 25.9 Å². The molecule has 0 atom stereocenters. The number of carbonyl (C=O) groups excluding carboxylic acids is 2. The molecule has 0 radical (unpaired) electrons. The van der Waals surface area contributed by atoms with E-state index < -0.39 is 0 Å². The lowest BCUT2D eigenvalue weighted by atomic mass is 10.1. The van der Waals surface area contributed by atoms with E-state index in [0.717, 1.165) is 16.9 Å². The zero-order chi connectivity index (χ0) is 19.3. The van der Waals surface area contributed by atoms with Gasteiger partial charge >= 0.3 is 0 Å². The Hall–Kier alpha value is -3.25. The van der Waals surface area contributed by atoms with Gasteiger partial charge in [0.05, 0.1) is 22.5 Å². The quantitative estimate of drug-likeness (QED) is 0.487. The normalized spacial score (nSPS) is 10.9. The average Bonchev–Trinajstić information content (AvgIpc) is 3.38. The summed E-state index contributed by atoms with van der Waals surface area (Å²) < 4.78 is 1.95. The first-order chi connectivity index (χ1) is 13.7. The van der Waals surface area contributed by atoms with Crippen LogP contribution in [0.5, 0.6) is 0 Å². The molecule has 0 spiro atoms. The highest BCUT2D eigenvalue weighted by Crippen LogP contribution is 2.17. The summed E-state index contributed by atoms with van der Waals surface area (Å²) in [6.45, 7) is 0.679. The highest BCUT2D eigenvalue weighted by Gasteiger charge is 2.15. The van der Waals surface area contributed by atoms with Crippen LogP contribution in [0.25, 0.3) is 11.0 Å². The molecule has 0 bridgehead atoms. The van der Waals surface area contributed by atoms with Crippen molar-refractivity contribution in [2.75, 3.05) is 6.54 Å². The Bertz CT molecular complexity index is 1100. The monoisotopic (exact) mass is 389 g/mol. The lowest BCUT2D eigenvalue weighted by Crippen LogP contribution is -2.26. The van der Waals surface area contributed by atoms with Crippen LogP contribution in [0.4, 0.5) is 0 Å². The minimum Gasteiger partial charge on any atom is -0.351 e. The summed E-state index contributed by atoms with van der Waals surface area (Å²) in [5.74, 6) is 0.739. The van der Waals surface area contributed by atoms with Crippen LogP contribution < -0.4 is 5.32 Å². The smallest absolute Gasteiger partial charge is 0.261 e. The third-order valence-electron chi connectivity index (χ3n) is 4.51. The number of thiophene rings is 1. The number of Topliss-reactive ketones (excluding diaryl/α,β-unsaturated/α-hetero) is 1. The molecule has 4 rings (SSSR count). The van der Waals surface area contributed by atoms with Gasteiger partial charge in [-0.25, -0.2) is 4.98 Å². The highest BCUT2D eigenvalue weighted by atomic mass is 32.1. The molecule has 1 N–H and O–H groups in total. The van der Waals surface area contributed by atoms with E-state index in [-0.39, 0.29) is 18.2 Å². The topological polar surface area (TPSA) is 64.0 Å². The van der Waals surface area contributed by atoms with Crippen molar-refractivity contribution in [2.24, 2.45) is 0 Å². The molecular formula is C22H19N3O2S. The van der Waals surface area contributed by atoms with Crippen molar-refractivity contribution in [1.29, 1.82) is 0 Å². The lowest BCUT2D eigenvalue weighted by molar-refractivity contribution is 0.0951. The van der Waals surface area contributed by atoms with Gasteiger partial charge in [-0.15, -0.1) is 11.3 Å². The summed E-state index contributed by atoms with van der Waals surface area (Å²) >= 11 is 1.41. The second kappa shape index (κ2) is 8.19. The standard InChI is InChI=1S/C22H19N3O2S/c26-19(16-7-2-1-3-8-16)15-25-18-10-5-4-9-17(18)24-21(25)12-13-23-22(27)20-11-6-14-28-20/h1-11,14H,12-13,15H2,(H,23,27). The maximum Gasteiger partial charge on any atom is 0.261 e. The Morgan fingerprint density at radius 3 is 2.54 bits per heavy atom. The number of fused-ring (bicyclic) bond motifs is 1. The van der Waals surface area contributed by atoms with E-state index in [1.165, 1.54) is 11.3 Å².